The second-order valence-electron chi connectivity index (χ2n) is 9.18. The van der Waals surface area contributed by atoms with Crippen LogP contribution in [0.1, 0.15) is 130 Å². The van der Waals surface area contributed by atoms with Crippen LogP contribution in [0.4, 0.5) is 0 Å². The van der Waals surface area contributed by atoms with Crippen molar-refractivity contribution in [2.45, 2.75) is 130 Å². The number of esters is 1. The smallest absolute Gasteiger partial charge is 0.330 e. The van der Waals surface area contributed by atoms with Crippen molar-refractivity contribution >= 4 is 11.9 Å². The molecule has 0 aliphatic rings. The summed E-state index contributed by atoms with van der Waals surface area (Å²) in [6.45, 7) is 13.5. The van der Waals surface area contributed by atoms with Crippen molar-refractivity contribution < 1.29 is 19.4 Å². The van der Waals surface area contributed by atoms with Crippen LogP contribution in [0.25, 0.3) is 0 Å². The fourth-order valence-electron chi connectivity index (χ4n) is 3.46. The number of carbonyl (C=O) groups excluding carboxylic acids is 1. The molecule has 0 saturated heterocycles. The van der Waals surface area contributed by atoms with Crippen molar-refractivity contribution in [1.82, 2.24) is 0 Å². The fraction of sp³-hybridized carbons (Fsp3) is 0.786. The molecule has 0 aliphatic carbocycles. The minimum absolute atomic E-state index is 0.296. The van der Waals surface area contributed by atoms with Gasteiger partial charge in [0.15, 0.2) is 0 Å². The van der Waals surface area contributed by atoms with Crippen molar-refractivity contribution in [2.75, 3.05) is 6.61 Å². The van der Waals surface area contributed by atoms with Crippen LogP contribution >= 0.6 is 0 Å². The van der Waals surface area contributed by atoms with E-state index < -0.39 is 5.97 Å². The summed E-state index contributed by atoms with van der Waals surface area (Å²) < 4.78 is 4.95. The number of unbranched alkanes of at least 4 members (excludes halogenated alkanes) is 15. The Hall–Kier alpha value is -1.58. The molecule has 0 radical (unpaired) electrons. The number of carboxylic acid groups (broad SMARTS) is 1. The van der Waals surface area contributed by atoms with Crippen LogP contribution in [0.3, 0.4) is 0 Å². The van der Waals surface area contributed by atoms with Gasteiger partial charge in [0.1, 0.15) is 0 Å². The third-order valence-corrected chi connectivity index (χ3v) is 5.37. The summed E-state index contributed by atoms with van der Waals surface area (Å²) >= 11 is 0. The molecule has 1 N–H and O–H groups in total. The normalized spacial score (nSPS) is 10.4. The van der Waals surface area contributed by atoms with Crippen LogP contribution in [0.2, 0.25) is 0 Å². The predicted octanol–water partition coefficient (Wildman–Crippen LogP) is 8.65. The molecule has 0 aromatic carbocycles. The number of rotatable bonds is 21. The molecule has 0 rings (SSSR count). The van der Waals surface area contributed by atoms with E-state index >= 15 is 0 Å². The lowest BCUT2D eigenvalue weighted by molar-refractivity contribution is -0.138. The minimum atomic E-state index is -0.885. The fourth-order valence-corrected chi connectivity index (χ4v) is 3.46. The van der Waals surface area contributed by atoms with Gasteiger partial charge in [0, 0.05) is 11.6 Å². The Morgan fingerprint density at radius 1 is 0.781 bits per heavy atom. The van der Waals surface area contributed by atoms with Gasteiger partial charge < -0.3 is 9.84 Å². The topological polar surface area (TPSA) is 63.6 Å². The number of carboxylic acids is 1. The lowest BCUT2D eigenvalue weighted by Gasteiger charge is -2.04. The highest BCUT2D eigenvalue weighted by Gasteiger charge is 2.04. The standard InChI is InChI=1S/C21H40O2.C7H12O2/c1-3-5-6-7-8-9-10-11-12-13-14-15-16-17-18-19-20-23-21(22)4-2;1-5(2)4-6(3)7(8)9/h4H,2-3,5-20H2,1H3;5H,3-4H2,1-2H3,(H,8,9). The monoisotopic (exact) mass is 452 g/mol. The molecule has 4 heteroatoms. The third kappa shape index (κ3) is 28.4. The minimum Gasteiger partial charge on any atom is -0.478 e. The molecule has 0 saturated carbocycles. The molecule has 0 amide bonds. The predicted molar refractivity (Wildman–Crippen MR) is 137 cm³/mol. The molecule has 4 nitrogen and oxygen atoms in total. The maximum absolute atomic E-state index is 10.8. The third-order valence-electron chi connectivity index (χ3n) is 5.37. The quantitative estimate of drug-likeness (QED) is 0.107. The number of hydrogen-bond donors (Lipinski definition) is 1. The van der Waals surface area contributed by atoms with E-state index in [2.05, 4.69) is 20.1 Å². The summed E-state index contributed by atoms with van der Waals surface area (Å²) in [5.41, 5.74) is 0.296. The van der Waals surface area contributed by atoms with E-state index in [-0.39, 0.29) is 5.97 Å². The van der Waals surface area contributed by atoms with Gasteiger partial charge in [-0.3, -0.25) is 0 Å². The van der Waals surface area contributed by atoms with E-state index in [1.54, 1.807) is 0 Å². The Morgan fingerprint density at radius 3 is 1.44 bits per heavy atom. The molecule has 0 fully saturated rings. The van der Waals surface area contributed by atoms with E-state index in [1.807, 2.05) is 13.8 Å². The van der Waals surface area contributed by atoms with E-state index in [4.69, 9.17) is 9.84 Å². The van der Waals surface area contributed by atoms with Crippen molar-refractivity contribution in [3.05, 3.63) is 24.8 Å². The Bertz CT molecular complexity index is 468. The van der Waals surface area contributed by atoms with Crippen molar-refractivity contribution in [3.63, 3.8) is 0 Å². The van der Waals surface area contributed by atoms with Crippen LogP contribution in [0, 0.1) is 5.92 Å². The Labute approximate surface area is 198 Å². The summed E-state index contributed by atoms with van der Waals surface area (Å²) in [6, 6.07) is 0. The van der Waals surface area contributed by atoms with Gasteiger partial charge in [-0.05, 0) is 18.8 Å². The Balaban J connectivity index is 0. The maximum atomic E-state index is 10.8. The molecule has 188 valence electrons. The van der Waals surface area contributed by atoms with Crippen LogP contribution in [0.5, 0.6) is 0 Å². The summed E-state index contributed by atoms with van der Waals surface area (Å²) in [5, 5.41) is 8.33. The maximum Gasteiger partial charge on any atom is 0.330 e. The van der Waals surface area contributed by atoms with Gasteiger partial charge in [-0.25, -0.2) is 9.59 Å². The zero-order valence-electron chi connectivity index (χ0n) is 21.5. The molecular weight excluding hydrogens is 400 g/mol. The second kappa shape index (κ2) is 25.7. The molecule has 0 aromatic rings. The number of hydrogen-bond acceptors (Lipinski definition) is 3. The number of carbonyl (C=O) groups is 2. The molecule has 0 atom stereocenters. The first kappa shape index (κ1) is 32.6. The first-order valence-electron chi connectivity index (χ1n) is 13.0. The SMILES string of the molecule is C=C(CC(C)C)C(=O)O.C=CC(=O)OCCCCCCCCCCCCCCCCCC. The zero-order valence-corrected chi connectivity index (χ0v) is 21.5. The lowest BCUT2D eigenvalue weighted by Crippen LogP contribution is -2.01. The average Bonchev–Trinajstić information content (AvgIpc) is 2.75. The molecule has 0 unspecified atom stereocenters. The van der Waals surface area contributed by atoms with Gasteiger partial charge in [0.2, 0.25) is 0 Å². The van der Waals surface area contributed by atoms with E-state index in [9.17, 15) is 9.59 Å². The summed E-state index contributed by atoms with van der Waals surface area (Å²) in [4.78, 5) is 21.0. The number of aliphatic carboxylic acids is 1. The zero-order chi connectivity index (χ0) is 24.5. The highest BCUT2D eigenvalue weighted by Crippen LogP contribution is 2.13. The van der Waals surface area contributed by atoms with Gasteiger partial charge in [-0.1, -0.05) is 130 Å². The van der Waals surface area contributed by atoms with E-state index in [0.717, 1.165) is 6.42 Å². The van der Waals surface area contributed by atoms with Crippen molar-refractivity contribution in [3.8, 4) is 0 Å². The van der Waals surface area contributed by atoms with Crippen LogP contribution in [0.15, 0.2) is 24.8 Å². The largest absolute Gasteiger partial charge is 0.478 e. The van der Waals surface area contributed by atoms with E-state index in [1.165, 1.54) is 102 Å². The van der Waals surface area contributed by atoms with Crippen LogP contribution < -0.4 is 0 Å². The van der Waals surface area contributed by atoms with Gasteiger partial charge in [0.05, 0.1) is 6.61 Å². The molecule has 0 spiro atoms. The van der Waals surface area contributed by atoms with Gasteiger partial charge >= 0.3 is 11.9 Å². The lowest BCUT2D eigenvalue weighted by atomic mass is 10.0. The van der Waals surface area contributed by atoms with Gasteiger partial charge in [0.25, 0.3) is 0 Å². The number of ether oxygens (including phenoxy) is 1. The van der Waals surface area contributed by atoms with Gasteiger partial charge in [-0.15, -0.1) is 0 Å². The molecule has 0 aromatic heterocycles. The highest BCUT2D eigenvalue weighted by atomic mass is 16.5. The molecular formula is C28H52O4. The summed E-state index contributed by atoms with van der Waals surface area (Å²) in [5.74, 6) is -0.803. The molecule has 0 aliphatic heterocycles. The molecule has 0 bridgehead atoms. The second-order valence-corrected chi connectivity index (χ2v) is 9.18. The summed E-state index contributed by atoms with van der Waals surface area (Å²) in [6.07, 6.45) is 23.6. The van der Waals surface area contributed by atoms with Crippen LogP contribution in [-0.4, -0.2) is 23.7 Å². The highest BCUT2D eigenvalue weighted by molar-refractivity contribution is 5.85. The molecule has 32 heavy (non-hydrogen) atoms. The summed E-state index contributed by atoms with van der Waals surface area (Å²) in [7, 11) is 0. The van der Waals surface area contributed by atoms with E-state index in [0.29, 0.717) is 24.5 Å². The van der Waals surface area contributed by atoms with Crippen molar-refractivity contribution in [1.29, 1.82) is 0 Å². The van der Waals surface area contributed by atoms with Crippen LogP contribution in [-0.2, 0) is 14.3 Å². The van der Waals surface area contributed by atoms with Gasteiger partial charge in [-0.2, -0.15) is 0 Å². The van der Waals surface area contributed by atoms with Crippen molar-refractivity contribution in [2.24, 2.45) is 5.92 Å². The first-order chi connectivity index (χ1) is 15.3. The Morgan fingerprint density at radius 2 is 1.16 bits per heavy atom. The first-order valence-corrected chi connectivity index (χ1v) is 13.0. The molecule has 0 heterocycles. The Kier molecular flexibility index (Phi) is 26.2. The average molecular weight is 453 g/mol.